The van der Waals surface area contributed by atoms with E-state index in [1.54, 1.807) is 6.26 Å². The van der Waals surface area contributed by atoms with Gasteiger partial charge in [0.2, 0.25) is 0 Å². The van der Waals surface area contributed by atoms with Crippen LogP contribution in [0.4, 0.5) is 0 Å². The first kappa shape index (κ1) is 13.6. The Morgan fingerprint density at radius 1 is 1.33 bits per heavy atom. The van der Waals surface area contributed by atoms with E-state index in [1.165, 1.54) is 24.8 Å². The Kier molecular flexibility index (Phi) is 4.46. The standard InChI is InChI=1S/C15H26N2O/c1-4-14-13(5-6-18-14)15(17-16)12-8-10(2)7-11(3)9-12/h5-6,10-12,15,17H,4,7-9,16H2,1-3H3. The highest BCUT2D eigenvalue weighted by atomic mass is 16.3. The topological polar surface area (TPSA) is 51.2 Å². The van der Waals surface area contributed by atoms with Gasteiger partial charge >= 0.3 is 0 Å². The zero-order chi connectivity index (χ0) is 13.1. The predicted octanol–water partition coefficient (Wildman–Crippen LogP) is 3.42. The van der Waals surface area contributed by atoms with Gasteiger partial charge < -0.3 is 4.42 Å². The Bertz CT molecular complexity index is 364. The quantitative estimate of drug-likeness (QED) is 0.636. The molecule has 1 aromatic rings. The van der Waals surface area contributed by atoms with Crippen LogP contribution in [0.5, 0.6) is 0 Å². The summed E-state index contributed by atoms with van der Waals surface area (Å²) in [6, 6.07) is 2.32. The second-order valence-electron chi connectivity index (χ2n) is 5.97. The summed E-state index contributed by atoms with van der Waals surface area (Å²) in [7, 11) is 0. The van der Waals surface area contributed by atoms with Crippen LogP contribution in [0.2, 0.25) is 0 Å². The molecular formula is C15H26N2O. The first-order valence-corrected chi connectivity index (χ1v) is 7.18. The minimum atomic E-state index is 0.240. The maximum atomic E-state index is 5.82. The Morgan fingerprint density at radius 3 is 2.56 bits per heavy atom. The fourth-order valence-corrected chi connectivity index (χ4v) is 3.68. The summed E-state index contributed by atoms with van der Waals surface area (Å²) in [6.07, 6.45) is 6.58. The molecule has 0 aromatic carbocycles. The van der Waals surface area contributed by atoms with Crippen molar-refractivity contribution >= 4 is 0 Å². The molecule has 3 N–H and O–H groups in total. The smallest absolute Gasteiger partial charge is 0.108 e. The van der Waals surface area contributed by atoms with Crippen LogP contribution in [0, 0.1) is 17.8 Å². The molecule has 3 heteroatoms. The molecule has 1 aliphatic carbocycles. The molecule has 0 aliphatic heterocycles. The van der Waals surface area contributed by atoms with E-state index in [2.05, 4.69) is 32.3 Å². The lowest BCUT2D eigenvalue weighted by Crippen LogP contribution is -2.37. The van der Waals surface area contributed by atoms with Gasteiger partial charge in [-0.05, 0) is 43.1 Å². The summed E-state index contributed by atoms with van der Waals surface area (Å²) in [5.41, 5.74) is 4.29. The molecule has 0 amide bonds. The number of nitrogens with two attached hydrogens (primary N) is 1. The monoisotopic (exact) mass is 250 g/mol. The highest BCUT2D eigenvalue weighted by Gasteiger charge is 2.31. The average Bonchev–Trinajstić information content (AvgIpc) is 2.77. The van der Waals surface area contributed by atoms with Crippen molar-refractivity contribution in [2.75, 3.05) is 0 Å². The van der Waals surface area contributed by atoms with Crippen molar-refractivity contribution in [2.45, 2.75) is 52.5 Å². The van der Waals surface area contributed by atoms with Gasteiger partial charge in [0.05, 0.1) is 12.3 Å². The molecule has 3 unspecified atom stereocenters. The van der Waals surface area contributed by atoms with Crippen molar-refractivity contribution in [2.24, 2.45) is 23.6 Å². The van der Waals surface area contributed by atoms with Gasteiger partial charge in [-0.25, -0.2) is 0 Å². The molecule has 1 aromatic heterocycles. The van der Waals surface area contributed by atoms with Crippen molar-refractivity contribution in [3.8, 4) is 0 Å². The van der Waals surface area contributed by atoms with E-state index in [0.717, 1.165) is 24.0 Å². The average molecular weight is 250 g/mol. The molecule has 1 saturated carbocycles. The van der Waals surface area contributed by atoms with E-state index in [1.807, 2.05) is 0 Å². The Hall–Kier alpha value is -0.800. The summed E-state index contributed by atoms with van der Waals surface area (Å²) in [4.78, 5) is 0. The molecule has 1 heterocycles. The fraction of sp³-hybridized carbons (Fsp3) is 0.733. The molecule has 1 fully saturated rings. The van der Waals surface area contributed by atoms with Crippen LogP contribution < -0.4 is 11.3 Å². The van der Waals surface area contributed by atoms with Crippen molar-refractivity contribution in [3.05, 3.63) is 23.7 Å². The van der Waals surface area contributed by atoms with Gasteiger partial charge in [0.1, 0.15) is 5.76 Å². The van der Waals surface area contributed by atoms with E-state index < -0.39 is 0 Å². The molecule has 0 radical (unpaired) electrons. The molecule has 0 bridgehead atoms. The molecule has 18 heavy (non-hydrogen) atoms. The van der Waals surface area contributed by atoms with E-state index in [-0.39, 0.29) is 6.04 Å². The van der Waals surface area contributed by atoms with Crippen LogP contribution in [0.1, 0.15) is 57.4 Å². The highest BCUT2D eigenvalue weighted by molar-refractivity contribution is 5.22. The molecule has 1 aliphatic rings. The van der Waals surface area contributed by atoms with Gasteiger partial charge in [0.25, 0.3) is 0 Å². The van der Waals surface area contributed by atoms with Gasteiger partial charge in [-0.15, -0.1) is 0 Å². The third-order valence-electron chi connectivity index (χ3n) is 4.30. The summed E-state index contributed by atoms with van der Waals surface area (Å²) in [5.74, 6) is 9.11. The Labute approximate surface area is 110 Å². The summed E-state index contributed by atoms with van der Waals surface area (Å²) >= 11 is 0. The molecule has 3 nitrogen and oxygen atoms in total. The maximum Gasteiger partial charge on any atom is 0.108 e. The van der Waals surface area contributed by atoms with Gasteiger partial charge in [0, 0.05) is 12.0 Å². The van der Waals surface area contributed by atoms with Crippen molar-refractivity contribution < 1.29 is 4.42 Å². The van der Waals surface area contributed by atoms with E-state index in [9.17, 15) is 0 Å². The molecule has 3 atom stereocenters. The molecular weight excluding hydrogens is 224 g/mol. The number of aryl methyl sites for hydroxylation is 1. The third-order valence-corrected chi connectivity index (χ3v) is 4.30. The van der Waals surface area contributed by atoms with Crippen LogP contribution in [0.15, 0.2) is 16.7 Å². The van der Waals surface area contributed by atoms with Crippen molar-refractivity contribution in [1.82, 2.24) is 5.43 Å². The summed E-state index contributed by atoms with van der Waals surface area (Å²) < 4.78 is 5.55. The molecule has 0 spiro atoms. The van der Waals surface area contributed by atoms with Crippen molar-refractivity contribution in [1.29, 1.82) is 0 Å². The molecule has 0 saturated heterocycles. The van der Waals surface area contributed by atoms with E-state index >= 15 is 0 Å². The highest BCUT2D eigenvalue weighted by Crippen LogP contribution is 2.40. The van der Waals surface area contributed by atoms with Crippen LogP contribution >= 0.6 is 0 Å². The first-order valence-electron chi connectivity index (χ1n) is 7.18. The summed E-state index contributed by atoms with van der Waals surface area (Å²) in [6.45, 7) is 6.83. The van der Waals surface area contributed by atoms with Gasteiger partial charge in [-0.2, -0.15) is 0 Å². The zero-order valence-electron chi connectivity index (χ0n) is 11.8. The Balaban J connectivity index is 2.17. The molecule has 102 valence electrons. The van der Waals surface area contributed by atoms with Gasteiger partial charge in [0.15, 0.2) is 0 Å². The SMILES string of the molecule is CCc1occc1C(NN)C1CC(C)CC(C)C1. The number of hydrazine groups is 1. The fourth-order valence-electron chi connectivity index (χ4n) is 3.68. The lowest BCUT2D eigenvalue weighted by atomic mass is 9.72. The number of furan rings is 1. The first-order chi connectivity index (χ1) is 8.65. The van der Waals surface area contributed by atoms with Gasteiger partial charge in [-0.1, -0.05) is 20.8 Å². The second-order valence-corrected chi connectivity index (χ2v) is 5.97. The zero-order valence-corrected chi connectivity index (χ0v) is 11.8. The van der Waals surface area contributed by atoms with E-state index in [0.29, 0.717) is 5.92 Å². The number of hydrogen-bond donors (Lipinski definition) is 2. The largest absolute Gasteiger partial charge is 0.469 e. The van der Waals surface area contributed by atoms with Crippen LogP contribution in [-0.2, 0) is 6.42 Å². The summed E-state index contributed by atoms with van der Waals surface area (Å²) in [5, 5.41) is 0. The lowest BCUT2D eigenvalue weighted by Gasteiger charge is -2.36. The minimum Gasteiger partial charge on any atom is -0.469 e. The Morgan fingerprint density at radius 2 is 2.00 bits per heavy atom. The number of rotatable bonds is 4. The normalized spacial score (nSPS) is 30.3. The minimum absolute atomic E-state index is 0.240. The third kappa shape index (κ3) is 2.78. The maximum absolute atomic E-state index is 5.82. The van der Waals surface area contributed by atoms with Gasteiger partial charge in [-0.3, -0.25) is 11.3 Å². The molecule has 2 rings (SSSR count). The van der Waals surface area contributed by atoms with Crippen molar-refractivity contribution in [3.63, 3.8) is 0 Å². The number of hydrogen-bond acceptors (Lipinski definition) is 3. The van der Waals surface area contributed by atoms with Crippen LogP contribution in [-0.4, -0.2) is 0 Å². The second kappa shape index (κ2) is 5.89. The number of nitrogens with one attached hydrogen (secondary N) is 1. The predicted molar refractivity (Wildman–Crippen MR) is 73.8 cm³/mol. The lowest BCUT2D eigenvalue weighted by molar-refractivity contribution is 0.176. The van der Waals surface area contributed by atoms with E-state index in [4.69, 9.17) is 10.3 Å². The van der Waals surface area contributed by atoms with Crippen LogP contribution in [0.3, 0.4) is 0 Å². The van der Waals surface area contributed by atoms with Crippen LogP contribution in [0.25, 0.3) is 0 Å².